The molecular formula is C21H15F3N6O3S. The highest BCUT2D eigenvalue weighted by molar-refractivity contribution is 7.89. The molecule has 9 nitrogen and oxygen atoms in total. The van der Waals surface area contributed by atoms with Crippen LogP contribution in [0.1, 0.15) is 46.0 Å². The molecule has 0 aliphatic carbocycles. The Kier molecular flexibility index (Phi) is 4.30. The first-order chi connectivity index (χ1) is 16.2. The van der Waals surface area contributed by atoms with E-state index in [1.54, 1.807) is 25.3 Å². The highest BCUT2D eigenvalue weighted by Gasteiger charge is 2.52. The third-order valence-electron chi connectivity index (χ3n) is 6.13. The molecule has 6 rings (SSSR count). The highest BCUT2D eigenvalue weighted by Crippen LogP contribution is 2.55. The van der Waals surface area contributed by atoms with Gasteiger partial charge >= 0.3 is 6.18 Å². The van der Waals surface area contributed by atoms with Gasteiger partial charge in [-0.15, -0.1) is 0 Å². The van der Waals surface area contributed by atoms with Gasteiger partial charge in [0.1, 0.15) is 10.6 Å². The molecule has 0 saturated carbocycles. The van der Waals surface area contributed by atoms with Gasteiger partial charge < -0.3 is 4.52 Å². The molecule has 0 amide bonds. The number of hydrogen-bond acceptors (Lipinski definition) is 7. The number of fused-ring (bicyclic) bond motifs is 7. The number of aryl methyl sites for hydroxylation is 1. The van der Waals surface area contributed by atoms with Gasteiger partial charge in [-0.3, -0.25) is 10.1 Å². The van der Waals surface area contributed by atoms with Crippen molar-refractivity contribution in [2.45, 2.75) is 36.5 Å². The van der Waals surface area contributed by atoms with Crippen molar-refractivity contribution in [2.24, 2.45) is 0 Å². The van der Waals surface area contributed by atoms with E-state index in [0.717, 1.165) is 23.5 Å². The molecule has 0 fully saturated rings. The number of aromatic nitrogens is 5. The van der Waals surface area contributed by atoms with Gasteiger partial charge in [0.15, 0.2) is 5.82 Å². The van der Waals surface area contributed by atoms with E-state index >= 15 is 0 Å². The van der Waals surface area contributed by atoms with Crippen LogP contribution in [0.4, 0.5) is 13.2 Å². The van der Waals surface area contributed by atoms with Crippen LogP contribution < -0.4 is 0 Å². The van der Waals surface area contributed by atoms with Gasteiger partial charge in [0.25, 0.3) is 5.89 Å². The average Bonchev–Trinajstić information content (AvgIpc) is 3.51. The van der Waals surface area contributed by atoms with E-state index in [4.69, 9.17) is 4.52 Å². The zero-order valence-corrected chi connectivity index (χ0v) is 18.2. The smallest absolute Gasteiger partial charge is 0.334 e. The third kappa shape index (κ3) is 2.93. The first-order valence-corrected chi connectivity index (χ1v) is 11.6. The zero-order chi connectivity index (χ0) is 23.8. The lowest BCUT2D eigenvalue weighted by Gasteiger charge is -2.33. The van der Waals surface area contributed by atoms with Crippen LogP contribution in [0.3, 0.4) is 0 Å². The van der Waals surface area contributed by atoms with Crippen LogP contribution in [0.15, 0.2) is 52.1 Å². The van der Waals surface area contributed by atoms with E-state index in [9.17, 15) is 21.6 Å². The lowest BCUT2D eigenvalue weighted by atomic mass is 9.96. The Hall–Kier alpha value is -3.58. The normalized spacial score (nSPS) is 19.8. The summed E-state index contributed by atoms with van der Waals surface area (Å²) in [7, 11) is -4.25. The molecule has 174 valence electrons. The minimum atomic E-state index is -4.68. The van der Waals surface area contributed by atoms with Gasteiger partial charge in [0.05, 0.1) is 18.3 Å². The molecule has 0 spiro atoms. The number of aromatic amines is 1. The molecule has 1 aromatic carbocycles. The Morgan fingerprint density at radius 1 is 1.15 bits per heavy atom. The Morgan fingerprint density at radius 2 is 1.97 bits per heavy atom. The standard InChI is InChI=1S/C21H15F3N6O3S/c1-10-27-20(33-29-10)13-4-2-3-12-18(13)16-7-15-14(9-26-28-15)19(12)30(16)34(31,32)11-5-6-17(25-8-11)21(22,23)24/h2-6,8-9,16,19H,7H2,1H3,(H,26,28). The first-order valence-electron chi connectivity index (χ1n) is 10.2. The molecule has 2 atom stereocenters. The number of nitrogens with zero attached hydrogens (tertiary/aromatic N) is 5. The van der Waals surface area contributed by atoms with Crippen LogP contribution >= 0.6 is 0 Å². The van der Waals surface area contributed by atoms with E-state index in [1.807, 2.05) is 6.07 Å². The van der Waals surface area contributed by atoms with Crippen molar-refractivity contribution in [2.75, 3.05) is 0 Å². The molecule has 1 N–H and O–H groups in total. The number of halogens is 3. The van der Waals surface area contributed by atoms with Crippen molar-refractivity contribution in [3.8, 4) is 11.5 Å². The van der Waals surface area contributed by atoms with Crippen LogP contribution in [0.2, 0.25) is 0 Å². The van der Waals surface area contributed by atoms with Crippen LogP contribution in [0.5, 0.6) is 0 Å². The Balaban J connectivity index is 1.52. The Labute approximate surface area is 190 Å². The van der Waals surface area contributed by atoms with Gasteiger partial charge in [-0.05, 0) is 36.2 Å². The molecule has 3 aromatic heterocycles. The summed E-state index contributed by atoms with van der Waals surface area (Å²) in [4.78, 5) is 7.33. The predicted molar refractivity (Wildman–Crippen MR) is 110 cm³/mol. The number of H-pyrrole nitrogens is 1. The quantitative estimate of drug-likeness (QED) is 0.468. The van der Waals surface area contributed by atoms with Crippen molar-refractivity contribution in [3.05, 3.63) is 76.6 Å². The molecular weight excluding hydrogens is 473 g/mol. The summed E-state index contributed by atoms with van der Waals surface area (Å²) in [6, 6.07) is 5.59. The van der Waals surface area contributed by atoms with Crippen molar-refractivity contribution < 1.29 is 26.1 Å². The van der Waals surface area contributed by atoms with Crippen molar-refractivity contribution in [1.29, 1.82) is 0 Å². The molecule has 34 heavy (non-hydrogen) atoms. The van der Waals surface area contributed by atoms with Crippen LogP contribution in [0.25, 0.3) is 11.5 Å². The molecule has 13 heteroatoms. The second-order valence-electron chi connectivity index (χ2n) is 8.09. The Bertz CT molecular complexity index is 1530. The summed E-state index contributed by atoms with van der Waals surface area (Å²) >= 11 is 0. The van der Waals surface area contributed by atoms with E-state index < -0.39 is 34.0 Å². The average molecular weight is 488 g/mol. The monoisotopic (exact) mass is 488 g/mol. The van der Waals surface area contributed by atoms with Crippen LogP contribution in [0, 0.1) is 6.92 Å². The number of sulfonamides is 1. The summed E-state index contributed by atoms with van der Waals surface area (Å²) in [5.74, 6) is 0.695. The number of hydrogen-bond donors (Lipinski definition) is 1. The third-order valence-corrected chi connectivity index (χ3v) is 7.99. The van der Waals surface area contributed by atoms with Crippen LogP contribution in [-0.2, 0) is 22.6 Å². The summed E-state index contributed by atoms with van der Waals surface area (Å²) in [5.41, 5.74) is 2.34. The van der Waals surface area contributed by atoms with Gasteiger partial charge in [-0.1, -0.05) is 17.3 Å². The van der Waals surface area contributed by atoms with Gasteiger partial charge in [0.2, 0.25) is 10.0 Å². The maximum atomic E-state index is 13.8. The van der Waals surface area contributed by atoms with Crippen molar-refractivity contribution in [3.63, 3.8) is 0 Å². The van der Waals surface area contributed by atoms with Crippen LogP contribution in [-0.4, -0.2) is 38.0 Å². The maximum absolute atomic E-state index is 13.8. The summed E-state index contributed by atoms with van der Waals surface area (Å²) in [6.07, 6.45) is -2.07. The minimum absolute atomic E-state index is 0.261. The lowest BCUT2D eigenvalue weighted by molar-refractivity contribution is -0.141. The van der Waals surface area contributed by atoms with E-state index in [2.05, 4.69) is 25.3 Å². The first kappa shape index (κ1) is 21.0. The van der Waals surface area contributed by atoms with Gasteiger partial charge in [-0.25, -0.2) is 8.42 Å². The summed E-state index contributed by atoms with van der Waals surface area (Å²) in [6.45, 7) is 1.68. The van der Waals surface area contributed by atoms with Crippen molar-refractivity contribution >= 4 is 10.0 Å². The van der Waals surface area contributed by atoms with Crippen molar-refractivity contribution in [1.82, 2.24) is 29.6 Å². The van der Waals surface area contributed by atoms with E-state index in [1.165, 1.54) is 4.31 Å². The molecule has 2 bridgehead atoms. The number of pyridine rings is 1. The number of nitrogens with one attached hydrogen (secondary N) is 1. The fourth-order valence-electron chi connectivity index (χ4n) is 4.77. The summed E-state index contributed by atoms with van der Waals surface area (Å²) in [5, 5.41) is 10.9. The number of alkyl halides is 3. The molecule has 2 aliphatic heterocycles. The molecule has 0 radical (unpaired) electrons. The van der Waals surface area contributed by atoms with Gasteiger partial charge in [-0.2, -0.15) is 27.6 Å². The fraction of sp³-hybridized carbons (Fsp3) is 0.238. The second-order valence-corrected chi connectivity index (χ2v) is 9.94. The molecule has 4 aromatic rings. The van der Waals surface area contributed by atoms with E-state index in [0.29, 0.717) is 28.6 Å². The SMILES string of the molecule is Cc1noc(-c2cccc3c2C2Cc4[nH]ncc4C3N2S(=O)(=O)c2ccc(C(F)(F)F)nc2)n1. The highest BCUT2D eigenvalue weighted by atomic mass is 32.2. The number of rotatable bonds is 3. The lowest BCUT2D eigenvalue weighted by Crippen LogP contribution is -2.37. The molecule has 5 heterocycles. The topological polar surface area (TPSA) is 118 Å². The Morgan fingerprint density at radius 3 is 2.65 bits per heavy atom. The molecule has 2 aliphatic rings. The van der Waals surface area contributed by atoms with E-state index in [-0.39, 0.29) is 17.2 Å². The largest absolute Gasteiger partial charge is 0.433 e. The predicted octanol–water partition coefficient (Wildman–Crippen LogP) is 3.57. The second kappa shape index (κ2) is 6.96. The maximum Gasteiger partial charge on any atom is 0.433 e. The molecule has 2 unspecified atom stereocenters. The fourth-order valence-corrected chi connectivity index (χ4v) is 6.46. The zero-order valence-electron chi connectivity index (χ0n) is 17.4. The minimum Gasteiger partial charge on any atom is -0.334 e. The van der Waals surface area contributed by atoms with Gasteiger partial charge in [0, 0.05) is 29.4 Å². The summed E-state index contributed by atoms with van der Waals surface area (Å²) < 4.78 is 73.2. The number of benzene rings is 1. The molecule has 0 saturated heterocycles.